The van der Waals surface area contributed by atoms with Crippen molar-refractivity contribution in [2.45, 2.75) is 83.7 Å². The molecule has 1 saturated heterocycles. The van der Waals surface area contributed by atoms with Crippen LogP contribution in [0.3, 0.4) is 0 Å². The lowest BCUT2D eigenvalue weighted by molar-refractivity contribution is 0.461. The predicted molar refractivity (Wildman–Crippen MR) is 167 cm³/mol. The molecule has 0 saturated carbocycles. The van der Waals surface area contributed by atoms with Crippen LogP contribution in [0.15, 0.2) is 72.8 Å². The molecule has 0 aliphatic carbocycles. The predicted octanol–water partition coefficient (Wildman–Crippen LogP) is 8.96. The van der Waals surface area contributed by atoms with E-state index in [9.17, 15) is 0 Å². The molecule has 1 aliphatic heterocycles. The maximum Gasteiger partial charge on any atom is 0.325 e. The third-order valence-electron chi connectivity index (χ3n) is 9.34. The second-order valence-corrected chi connectivity index (χ2v) is 15.5. The van der Waals surface area contributed by atoms with Gasteiger partial charge in [-0.25, -0.2) is 0 Å². The highest BCUT2D eigenvalue weighted by Gasteiger charge is 2.55. The van der Waals surface area contributed by atoms with Crippen LogP contribution in [0, 0.1) is 55.4 Å². The van der Waals surface area contributed by atoms with Gasteiger partial charge in [-0.05, 0) is 105 Å². The quantitative estimate of drug-likeness (QED) is 0.238. The van der Waals surface area contributed by atoms with Gasteiger partial charge in [0.05, 0.1) is 0 Å². The van der Waals surface area contributed by atoms with Gasteiger partial charge >= 0.3 is 14.1 Å². The van der Waals surface area contributed by atoms with E-state index in [1.807, 2.05) is 0 Å². The minimum atomic E-state index is -1.60. The first-order chi connectivity index (χ1) is 18.1. The van der Waals surface area contributed by atoms with Crippen molar-refractivity contribution in [2.24, 2.45) is 0 Å². The summed E-state index contributed by atoms with van der Waals surface area (Å²) in [6.07, 6.45) is 2.54. The summed E-state index contributed by atoms with van der Waals surface area (Å²) in [6, 6.07) is 29.1. The van der Waals surface area contributed by atoms with Crippen LogP contribution in [0.4, 0.5) is 0 Å². The highest BCUT2D eigenvalue weighted by atomic mass is 27.2. The first-order valence-corrected chi connectivity index (χ1v) is 16.4. The van der Waals surface area contributed by atoms with Crippen molar-refractivity contribution >= 4 is 18.6 Å². The summed E-state index contributed by atoms with van der Waals surface area (Å²) in [5.74, 6) is 0.456. The summed E-state index contributed by atoms with van der Waals surface area (Å²) in [4.78, 5) is 0. The Morgan fingerprint density at radius 2 is 1.03 bits per heavy atom. The van der Waals surface area contributed by atoms with Crippen LogP contribution in [0.1, 0.15) is 80.0 Å². The molecule has 4 aromatic rings. The minimum Gasteiger partial charge on any atom is -0.106 e. The van der Waals surface area contributed by atoms with Gasteiger partial charge in [-0.1, -0.05) is 112 Å². The van der Waals surface area contributed by atoms with Crippen LogP contribution in [0.2, 0.25) is 5.28 Å². The maximum absolute atomic E-state index is 2.51. The van der Waals surface area contributed by atoms with Gasteiger partial charge in [0.1, 0.15) is 0 Å². The largest absolute Gasteiger partial charge is 0.325 e. The van der Waals surface area contributed by atoms with Gasteiger partial charge in [0, 0.05) is 0 Å². The molecule has 1 heteroatoms. The Morgan fingerprint density at radius 1 is 0.553 bits per heavy atom. The van der Waals surface area contributed by atoms with Crippen molar-refractivity contribution in [2.75, 3.05) is 0 Å². The van der Waals surface area contributed by atoms with E-state index in [4.69, 9.17) is 0 Å². The van der Waals surface area contributed by atoms with Crippen LogP contribution in [0.25, 0.3) is 0 Å². The number of hydrogen-bond acceptors (Lipinski definition) is 0. The maximum atomic E-state index is 2.51. The van der Waals surface area contributed by atoms with E-state index in [1.54, 1.807) is 21.1 Å². The zero-order valence-electron chi connectivity index (χ0n) is 24.7. The van der Waals surface area contributed by atoms with E-state index in [1.165, 1.54) is 62.6 Å². The molecule has 194 valence electrons. The lowest BCUT2D eigenvalue weighted by Crippen LogP contribution is -2.58. The molecular formula is C37H43Al. The van der Waals surface area contributed by atoms with Gasteiger partial charge < -0.3 is 0 Å². The molecule has 0 radical (unpaired) electrons. The van der Waals surface area contributed by atoms with Crippen molar-refractivity contribution in [3.63, 3.8) is 0 Å². The molecule has 0 bridgehead atoms. The molecule has 0 aromatic heterocycles. The lowest BCUT2D eigenvalue weighted by Gasteiger charge is -2.51. The van der Waals surface area contributed by atoms with Gasteiger partial charge in [0.25, 0.3) is 0 Å². The fraction of sp³-hybridized carbons (Fsp3) is 0.351. The second kappa shape index (κ2) is 10.5. The molecule has 0 nitrogen and oxygen atoms in total. The van der Waals surface area contributed by atoms with Crippen molar-refractivity contribution in [1.29, 1.82) is 0 Å². The zero-order chi connectivity index (χ0) is 27.2. The molecule has 1 heterocycles. The Balaban J connectivity index is 1.94. The summed E-state index contributed by atoms with van der Waals surface area (Å²) in [7, 11) is 0. The molecule has 1 fully saturated rings. The van der Waals surface area contributed by atoms with Gasteiger partial charge in [-0.2, -0.15) is 0 Å². The molecular weight excluding hydrogens is 471 g/mol. The van der Waals surface area contributed by atoms with E-state index in [2.05, 4.69) is 128 Å². The van der Waals surface area contributed by atoms with E-state index >= 15 is 0 Å². The standard InChI is InChI=1S/C29H34.C8H9.Al/c1-8-9-28(25-13-10-19(2)16-22(25)5)29(26-14-11-20(3)17-23(26)6)27-15-12-21(4)18-24(27)7;1-7-4-3-5-8(2)6-7;/h10-18,28H,1,8-9H2,2-7H3;3-4,6H,1-2H3;. The fourth-order valence-electron chi connectivity index (χ4n) is 7.91. The normalized spacial score (nSPS) is 17.1. The van der Waals surface area contributed by atoms with Crippen LogP contribution in [0.5, 0.6) is 0 Å². The summed E-state index contributed by atoms with van der Waals surface area (Å²) >= 11 is -1.60. The number of aryl methyl sites for hydroxylation is 8. The average molecular weight is 515 g/mol. The molecule has 1 aliphatic rings. The van der Waals surface area contributed by atoms with Crippen molar-refractivity contribution in [1.82, 2.24) is 0 Å². The van der Waals surface area contributed by atoms with E-state index in [0.717, 1.165) is 0 Å². The molecule has 0 spiro atoms. The Labute approximate surface area is 235 Å². The second-order valence-electron chi connectivity index (χ2n) is 12.3. The first kappa shape index (κ1) is 27.0. The molecule has 1 atom stereocenters. The smallest absolute Gasteiger partial charge is 0.106 e. The van der Waals surface area contributed by atoms with E-state index in [0.29, 0.717) is 5.92 Å². The summed E-state index contributed by atoms with van der Waals surface area (Å²) in [5, 5.41) is 1.34. The summed E-state index contributed by atoms with van der Waals surface area (Å²) < 4.78 is 1.64. The minimum absolute atomic E-state index is 0.0200. The highest BCUT2D eigenvalue weighted by molar-refractivity contribution is 6.77. The zero-order valence-corrected chi connectivity index (χ0v) is 25.9. The Hall–Kier alpha value is -2.59. The molecule has 38 heavy (non-hydrogen) atoms. The van der Waals surface area contributed by atoms with Crippen LogP contribution >= 0.6 is 0 Å². The first-order valence-electron chi connectivity index (χ1n) is 14.4. The summed E-state index contributed by atoms with van der Waals surface area (Å²) in [5.41, 5.74) is 15.9. The van der Waals surface area contributed by atoms with Crippen LogP contribution < -0.4 is 4.43 Å². The SMILES string of the molecule is Cc1ccc(C2CC[CH2][Al]([c]3ccc(C)cc3C)[C]2(c2ccc(C)cc2C)c2ccc(C)cc2C)c(C)c1. The highest BCUT2D eigenvalue weighted by Crippen LogP contribution is 2.55. The van der Waals surface area contributed by atoms with Crippen molar-refractivity contribution in [3.8, 4) is 0 Å². The number of rotatable bonds is 4. The van der Waals surface area contributed by atoms with Crippen molar-refractivity contribution < 1.29 is 0 Å². The average Bonchev–Trinajstić information content (AvgIpc) is 2.84. The van der Waals surface area contributed by atoms with Crippen LogP contribution in [-0.2, 0) is 4.28 Å². The Kier molecular flexibility index (Phi) is 7.48. The fourth-order valence-corrected chi connectivity index (χ4v) is 13.0. The monoisotopic (exact) mass is 514 g/mol. The topological polar surface area (TPSA) is 0 Å². The van der Waals surface area contributed by atoms with Gasteiger partial charge in [-0.15, -0.1) is 4.43 Å². The van der Waals surface area contributed by atoms with Gasteiger partial charge in [0.2, 0.25) is 0 Å². The third-order valence-corrected chi connectivity index (χ3v) is 13.8. The van der Waals surface area contributed by atoms with Crippen LogP contribution in [-0.4, -0.2) is 14.1 Å². The molecule has 5 rings (SSSR count). The lowest BCUT2D eigenvalue weighted by atomic mass is 9.70. The third kappa shape index (κ3) is 4.59. The number of hydrogen-bond donors (Lipinski definition) is 0. The van der Waals surface area contributed by atoms with E-state index in [-0.39, 0.29) is 4.28 Å². The molecule has 1 unspecified atom stereocenters. The van der Waals surface area contributed by atoms with Crippen molar-refractivity contribution in [3.05, 3.63) is 134 Å². The number of benzene rings is 4. The van der Waals surface area contributed by atoms with Gasteiger partial charge in [-0.3, -0.25) is 0 Å². The van der Waals surface area contributed by atoms with Gasteiger partial charge in [0.15, 0.2) is 0 Å². The molecule has 0 N–H and O–H groups in total. The summed E-state index contributed by atoms with van der Waals surface area (Å²) in [6.45, 7) is 18.4. The molecule has 0 amide bonds. The Morgan fingerprint density at radius 3 is 1.53 bits per heavy atom. The Bertz CT molecular complexity index is 1380. The molecule has 4 aromatic carbocycles. The van der Waals surface area contributed by atoms with E-state index < -0.39 is 14.1 Å².